The van der Waals surface area contributed by atoms with Gasteiger partial charge in [-0.25, -0.2) is 0 Å². The Morgan fingerprint density at radius 1 is 0.385 bits per heavy atom. The van der Waals surface area contributed by atoms with Crippen molar-refractivity contribution in [3.63, 3.8) is 0 Å². The van der Waals surface area contributed by atoms with Crippen molar-refractivity contribution >= 4 is 5.91 Å². The van der Waals surface area contributed by atoms with Crippen LogP contribution >= 0.6 is 0 Å². The average Bonchev–Trinajstić information content (AvgIpc) is 0.785. The SMILES string of the molecule is CC/C=C\C/C=C\C/C=C\C/C=C\C/C=C\CCCCCCCC(=O)NC(COC1OC(CO)C(OC2OC(CO)C(OC3OC(CO)C(O)C(O)C3O)C(O)C2O)C(O)C1O)C(O)/C=C/CCCCCCCCCCCCCCCCCCCCCCCCCCCCCC. The van der Waals surface area contributed by atoms with Gasteiger partial charge in [0.25, 0.3) is 0 Å². The molecule has 0 radical (unpaired) electrons. The zero-order valence-electron chi connectivity index (χ0n) is 59.3. The molecule has 17 unspecified atom stereocenters. The van der Waals surface area contributed by atoms with E-state index in [4.69, 9.17) is 28.4 Å². The molecule has 0 aromatic heterocycles. The second-order valence-corrected chi connectivity index (χ2v) is 27.1. The van der Waals surface area contributed by atoms with Crippen molar-refractivity contribution in [1.82, 2.24) is 5.32 Å². The van der Waals surface area contributed by atoms with E-state index >= 15 is 0 Å². The summed E-state index contributed by atoms with van der Waals surface area (Å²) < 4.78 is 34.4. The molecule has 3 aliphatic heterocycles. The Morgan fingerprint density at radius 2 is 0.719 bits per heavy atom. The first-order valence-electron chi connectivity index (χ1n) is 38.2. The van der Waals surface area contributed by atoms with Gasteiger partial charge in [0.2, 0.25) is 5.91 Å². The summed E-state index contributed by atoms with van der Waals surface area (Å²) in [6, 6.07) is -0.990. The number of ether oxygens (including phenoxy) is 6. The van der Waals surface area contributed by atoms with Gasteiger partial charge in [0, 0.05) is 6.42 Å². The second-order valence-electron chi connectivity index (χ2n) is 27.1. The van der Waals surface area contributed by atoms with E-state index in [-0.39, 0.29) is 18.9 Å². The van der Waals surface area contributed by atoms with Crippen LogP contribution in [0.5, 0.6) is 0 Å². The summed E-state index contributed by atoms with van der Waals surface area (Å²) >= 11 is 0. The number of allylic oxidation sites excluding steroid dienone is 11. The monoisotopic (exact) mass is 1360 g/mol. The van der Waals surface area contributed by atoms with E-state index in [0.29, 0.717) is 6.42 Å². The molecule has 96 heavy (non-hydrogen) atoms. The first kappa shape index (κ1) is 87.4. The summed E-state index contributed by atoms with van der Waals surface area (Å²) in [6.45, 7) is 1.63. The van der Waals surface area contributed by atoms with Crippen LogP contribution < -0.4 is 5.32 Å². The second kappa shape index (κ2) is 57.8. The van der Waals surface area contributed by atoms with Crippen LogP contribution in [-0.2, 0) is 33.2 Å². The Hall–Kier alpha value is -2.77. The van der Waals surface area contributed by atoms with Crippen LogP contribution in [0.3, 0.4) is 0 Å². The molecule has 558 valence electrons. The zero-order chi connectivity index (χ0) is 69.6. The molecule has 19 heteroatoms. The molecule has 17 atom stereocenters. The minimum Gasteiger partial charge on any atom is -0.394 e. The Labute approximate surface area is 578 Å². The first-order valence-corrected chi connectivity index (χ1v) is 38.2. The van der Waals surface area contributed by atoms with Crippen molar-refractivity contribution < 1.29 is 89.4 Å². The molecule has 3 aliphatic rings. The molecular weight excluding hydrogens is 1230 g/mol. The van der Waals surface area contributed by atoms with Crippen LogP contribution in [0.25, 0.3) is 0 Å². The van der Waals surface area contributed by atoms with Crippen LogP contribution in [0, 0.1) is 0 Å². The summed E-state index contributed by atoms with van der Waals surface area (Å²) in [6.07, 6.45) is 47.4. The predicted molar refractivity (Wildman–Crippen MR) is 378 cm³/mol. The number of amides is 1. The molecule has 0 aromatic carbocycles. The lowest BCUT2D eigenvalue weighted by atomic mass is 9.96. The molecule has 0 bridgehead atoms. The molecule has 3 fully saturated rings. The molecule has 3 heterocycles. The standard InChI is InChI=1S/C77H137NO18/c1-3-5-7-9-11-13-15-17-19-21-23-25-26-27-28-29-30-31-32-33-35-36-38-40-42-44-46-48-50-52-54-61(82)60(78-65(83)55-53-51-49-47-45-43-41-39-37-34-24-22-20-18-16-14-12-10-8-6-4-2)59-91-75-71(89)68(86)73(63(57-80)93-75)96-77-72(90)69(87)74(64(58-81)94-77)95-76-70(88)67(85)66(84)62(56-79)92-76/h6,8,12,14,18,20,24,34,39,41,52,54,60-64,66-77,79-82,84-90H,3-5,7,9-11,13,15-17,19,21-23,25-33,35-38,40,42-51,53,55-59H2,1-2H3,(H,78,83)/b8-6-,14-12-,20-18-,34-24-,41-39-,54-52+. The van der Waals surface area contributed by atoms with Crippen molar-refractivity contribution in [2.45, 2.75) is 381 Å². The molecular formula is C77H137NO18. The van der Waals surface area contributed by atoms with Crippen molar-refractivity contribution in [3.8, 4) is 0 Å². The maximum Gasteiger partial charge on any atom is 0.220 e. The molecule has 19 nitrogen and oxygen atoms in total. The van der Waals surface area contributed by atoms with Gasteiger partial charge in [-0.2, -0.15) is 0 Å². The smallest absolute Gasteiger partial charge is 0.220 e. The summed E-state index contributed by atoms with van der Waals surface area (Å²) in [4.78, 5) is 13.4. The highest BCUT2D eigenvalue weighted by Crippen LogP contribution is 2.33. The van der Waals surface area contributed by atoms with Gasteiger partial charge >= 0.3 is 0 Å². The van der Waals surface area contributed by atoms with E-state index in [2.05, 4.69) is 79.9 Å². The van der Waals surface area contributed by atoms with E-state index in [1.165, 1.54) is 161 Å². The van der Waals surface area contributed by atoms with Crippen molar-refractivity contribution in [2.24, 2.45) is 0 Å². The number of nitrogens with one attached hydrogen (secondary N) is 1. The summed E-state index contributed by atoms with van der Waals surface area (Å²) in [5.41, 5.74) is 0. The van der Waals surface area contributed by atoms with Gasteiger partial charge in [-0.1, -0.05) is 279 Å². The lowest BCUT2D eigenvalue weighted by molar-refractivity contribution is -0.379. The molecule has 3 rings (SSSR count). The van der Waals surface area contributed by atoms with E-state index in [1.54, 1.807) is 6.08 Å². The van der Waals surface area contributed by atoms with E-state index in [0.717, 1.165) is 89.9 Å². The van der Waals surface area contributed by atoms with E-state index < -0.39 is 124 Å². The van der Waals surface area contributed by atoms with Gasteiger partial charge in [0.15, 0.2) is 18.9 Å². The number of carbonyl (C=O) groups is 1. The Balaban J connectivity index is 1.40. The van der Waals surface area contributed by atoms with E-state index in [9.17, 15) is 61.0 Å². The maximum absolute atomic E-state index is 13.4. The summed E-state index contributed by atoms with van der Waals surface area (Å²) in [5.74, 6) is -0.294. The summed E-state index contributed by atoms with van der Waals surface area (Å²) in [7, 11) is 0. The fraction of sp³-hybridized carbons (Fsp3) is 0.831. The number of aliphatic hydroxyl groups is 11. The highest BCUT2D eigenvalue weighted by molar-refractivity contribution is 5.76. The van der Waals surface area contributed by atoms with Crippen LogP contribution in [0.1, 0.15) is 277 Å². The Kier molecular flexibility index (Phi) is 52.7. The largest absolute Gasteiger partial charge is 0.394 e. The fourth-order valence-corrected chi connectivity index (χ4v) is 12.6. The van der Waals surface area contributed by atoms with Crippen LogP contribution in [0.15, 0.2) is 72.9 Å². The highest BCUT2D eigenvalue weighted by atomic mass is 16.8. The van der Waals surface area contributed by atoms with Gasteiger partial charge in [-0.15, -0.1) is 0 Å². The average molecular weight is 1360 g/mol. The third-order valence-electron chi connectivity index (χ3n) is 18.8. The van der Waals surface area contributed by atoms with Crippen LogP contribution in [0.2, 0.25) is 0 Å². The molecule has 12 N–H and O–H groups in total. The molecule has 0 spiro atoms. The number of hydrogen-bond acceptors (Lipinski definition) is 18. The van der Waals surface area contributed by atoms with Gasteiger partial charge < -0.3 is 89.9 Å². The lowest BCUT2D eigenvalue weighted by Gasteiger charge is -2.48. The van der Waals surface area contributed by atoms with Crippen LogP contribution in [0.4, 0.5) is 0 Å². The van der Waals surface area contributed by atoms with Crippen LogP contribution in [-0.4, -0.2) is 193 Å². The quantitative estimate of drug-likeness (QED) is 0.0199. The normalized spacial score (nSPS) is 27.4. The lowest BCUT2D eigenvalue weighted by Crippen LogP contribution is -2.66. The molecule has 0 aliphatic carbocycles. The topological polar surface area (TPSA) is 307 Å². The minimum absolute atomic E-state index is 0.218. The van der Waals surface area contributed by atoms with Gasteiger partial charge in [0.1, 0.15) is 73.2 Å². The molecule has 0 aromatic rings. The number of aliphatic hydroxyl groups excluding tert-OH is 11. The Morgan fingerprint density at radius 3 is 1.12 bits per heavy atom. The number of rotatable bonds is 59. The summed E-state index contributed by atoms with van der Waals surface area (Å²) in [5, 5.41) is 121. The zero-order valence-corrected chi connectivity index (χ0v) is 59.3. The maximum atomic E-state index is 13.4. The van der Waals surface area contributed by atoms with Gasteiger partial charge in [-0.3, -0.25) is 4.79 Å². The molecule has 0 saturated carbocycles. The number of carbonyl (C=O) groups excluding carboxylic acids is 1. The first-order chi connectivity index (χ1) is 46.8. The van der Waals surface area contributed by atoms with Crippen molar-refractivity contribution in [1.29, 1.82) is 0 Å². The minimum atomic E-state index is -1.98. The Bertz CT molecular complexity index is 2020. The van der Waals surface area contributed by atoms with Crippen molar-refractivity contribution in [3.05, 3.63) is 72.9 Å². The van der Waals surface area contributed by atoms with Gasteiger partial charge in [0.05, 0.1) is 38.6 Å². The highest BCUT2D eigenvalue weighted by Gasteiger charge is 2.53. The third-order valence-corrected chi connectivity index (χ3v) is 18.8. The van der Waals surface area contributed by atoms with E-state index in [1.807, 2.05) is 6.08 Å². The number of hydrogen-bond donors (Lipinski definition) is 12. The third kappa shape index (κ3) is 38.3. The van der Waals surface area contributed by atoms with Crippen molar-refractivity contribution in [2.75, 3.05) is 26.4 Å². The number of unbranched alkanes of at least 4 members (excludes halogenated alkanes) is 33. The molecule has 1 amide bonds. The predicted octanol–water partition coefficient (Wildman–Crippen LogP) is 11.7. The fourth-order valence-electron chi connectivity index (χ4n) is 12.6. The van der Waals surface area contributed by atoms with Gasteiger partial charge in [-0.05, 0) is 64.2 Å². The molecule has 3 saturated heterocycles.